The molecule has 0 unspecified atom stereocenters. The summed E-state index contributed by atoms with van der Waals surface area (Å²) in [4.78, 5) is 24.7. The van der Waals surface area contributed by atoms with E-state index in [4.69, 9.17) is 26.2 Å². The van der Waals surface area contributed by atoms with E-state index < -0.39 is 12.1 Å². The van der Waals surface area contributed by atoms with Crippen LogP contribution in [0.4, 0.5) is 30.6 Å². The number of carbonyl (C=O) groups is 1. The molecule has 1 aromatic carbocycles. The molecule has 14 heteroatoms. The molecule has 0 radical (unpaired) electrons. The molecule has 0 atom stereocenters. The van der Waals surface area contributed by atoms with Crippen molar-refractivity contribution in [3.8, 4) is 11.1 Å². The van der Waals surface area contributed by atoms with Crippen LogP contribution in [0.3, 0.4) is 0 Å². The number of alkyl halides is 3. The van der Waals surface area contributed by atoms with E-state index in [1.807, 2.05) is 37.5 Å². The Balaban J connectivity index is 0.000000405. The number of nitrogens with zero attached hydrogens (tertiary/aromatic N) is 6. The average Bonchev–Trinajstić information content (AvgIpc) is 3.31. The van der Waals surface area contributed by atoms with E-state index in [1.165, 1.54) is 0 Å². The fourth-order valence-electron chi connectivity index (χ4n) is 3.47. The van der Waals surface area contributed by atoms with Gasteiger partial charge in [-0.15, -0.1) is 0 Å². The summed E-state index contributed by atoms with van der Waals surface area (Å²) >= 11 is 6.68. The van der Waals surface area contributed by atoms with E-state index in [-0.39, 0.29) is 0 Å². The largest absolute Gasteiger partial charge is 0.490 e. The molecule has 10 nitrogen and oxygen atoms in total. The summed E-state index contributed by atoms with van der Waals surface area (Å²) in [5.41, 5.74) is 3.33. The molecule has 2 N–H and O–H groups in total. The zero-order valence-corrected chi connectivity index (χ0v) is 20.2. The van der Waals surface area contributed by atoms with E-state index in [0.717, 1.165) is 54.3 Å². The van der Waals surface area contributed by atoms with Gasteiger partial charge in [0.1, 0.15) is 5.82 Å². The van der Waals surface area contributed by atoms with Gasteiger partial charge in [-0.2, -0.15) is 18.3 Å². The van der Waals surface area contributed by atoms with Crippen LogP contribution in [0.1, 0.15) is 0 Å². The maximum Gasteiger partial charge on any atom is 0.490 e. The van der Waals surface area contributed by atoms with Crippen molar-refractivity contribution >= 4 is 45.9 Å². The maximum absolute atomic E-state index is 10.6. The van der Waals surface area contributed by atoms with Crippen LogP contribution < -0.4 is 10.2 Å². The van der Waals surface area contributed by atoms with Gasteiger partial charge in [0.15, 0.2) is 0 Å². The summed E-state index contributed by atoms with van der Waals surface area (Å²) < 4.78 is 38.9. The first kappa shape index (κ1) is 26.1. The highest BCUT2D eigenvalue weighted by atomic mass is 35.5. The predicted molar refractivity (Wildman–Crippen MR) is 131 cm³/mol. The van der Waals surface area contributed by atoms with Gasteiger partial charge >= 0.3 is 12.1 Å². The normalized spacial score (nSPS) is 13.7. The first-order valence-electron chi connectivity index (χ1n) is 10.9. The molecule has 0 aliphatic carbocycles. The van der Waals surface area contributed by atoms with Crippen LogP contribution in [0.15, 0.2) is 49.1 Å². The van der Waals surface area contributed by atoms with Crippen LogP contribution in [0.25, 0.3) is 22.0 Å². The van der Waals surface area contributed by atoms with Crippen molar-refractivity contribution < 1.29 is 27.8 Å². The number of anilines is 3. The lowest BCUT2D eigenvalue weighted by Gasteiger charge is -2.27. The lowest BCUT2D eigenvalue weighted by Crippen LogP contribution is -2.36. The number of aromatic nitrogens is 5. The third-order valence-electron chi connectivity index (χ3n) is 5.29. The van der Waals surface area contributed by atoms with Gasteiger partial charge in [-0.1, -0.05) is 23.7 Å². The van der Waals surface area contributed by atoms with Gasteiger partial charge in [-0.3, -0.25) is 4.68 Å². The molecule has 0 amide bonds. The zero-order valence-electron chi connectivity index (χ0n) is 19.4. The quantitative estimate of drug-likeness (QED) is 0.394. The van der Waals surface area contributed by atoms with E-state index in [1.54, 1.807) is 23.3 Å². The number of ether oxygens (including phenoxy) is 1. The lowest BCUT2D eigenvalue weighted by molar-refractivity contribution is -0.192. The molecule has 1 fully saturated rings. The minimum absolute atomic E-state index is 0.466. The molecule has 1 aliphatic rings. The van der Waals surface area contributed by atoms with Gasteiger partial charge in [0.25, 0.3) is 0 Å². The minimum Gasteiger partial charge on any atom is -0.475 e. The molecule has 0 spiro atoms. The molecule has 3 aromatic heterocycles. The zero-order chi connectivity index (χ0) is 26.6. The molecule has 1 aliphatic heterocycles. The molecule has 4 aromatic rings. The van der Waals surface area contributed by atoms with Crippen molar-refractivity contribution in [3.05, 3.63) is 54.1 Å². The third kappa shape index (κ3) is 6.43. The Hall–Kier alpha value is -3.97. The van der Waals surface area contributed by atoms with Gasteiger partial charge < -0.3 is 20.1 Å². The molecule has 1 saturated heterocycles. The average molecular weight is 536 g/mol. The number of morpholine rings is 1. The molecular weight excluding hydrogens is 515 g/mol. The second-order valence-electron chi connectivity index (χ2n) is 7.89. The molecule has 0 bridgehead atoms. The molecule has 37 heavy (non-hydrogen) atoms. The Morgan fingerprint density at radius 1 is 1.11 bits per heavy atom. The van der Waals surface area contributed by atoms with Crippen LogP contribution in [0, 0.1) is 0 Å². The van der Waals surface area contributed by atoms with Crippen LogP contribution >= 0.6 is 11.6 Å². The van der Waals surface area contributed by atoms with Gasteiger partial charge in [0, 0.05) is 49.0 Å². The minimum atomic E-state index is -5.08. The van der Waals surface area contributed by atoms with Crippen LogP contribution in [0.5, 0.6) is 0 Å². The van der Waals surface area contributed by atoms with Crippen LogP contribution in [-0.2, 0) is 16.6 Å². The summed E-state index contributed by atoms with van der Waals surface area (Å²) in [6.45, 7) is 3.17. The number of pyridine rings is 1. The number of hydrogen-bond donors (Lipinski definition) is 2. The van der Waals surface area contributed by atoms with Gasteiger partial charge in [-0.05, 0) is 12.1 Å². The highest BCUT2D eigenvalue weighted by Crippen LogP contribution is 2.33. The Morgan fingerprint density at radius 3 is 2.43 bits per heavy atom. The summed E-state index contributed by atoms with van der Waals surface area (Å²) in [5.74, 6) is -1.35. The molecule has 0 saturated carbocycles. The van der Waals surface area contributed by atoms with Crippen molar-refractivity contribution in [2.24, 2.45) is 7.05 Å². The van der Waals surface area contributed by atoms with E-state index >= 15 is 0 Å². The second kappa shape index (κ2) is 11.0. The number of benzene rings is 1. The number of nitrogens with one attached hydrogen (secondary N) is 1. The fraction of sp³-hybridized carbons (Fsp3) is 0.261. The molecule has 5 rings (SSSR count). The number of aliphatic carboxylic acids is 1. The fourth-order valence-corrected chi connectivity index (χ4v) is 3.80. The van der Waals surface area contributed by atoms with Gasteiger partial charge in [-0.25, -0.2) is 19.7 Å². The Bertz CT molecular complexity index is 1390. The van der Waals surface area contributed by atoms with Crippen LogP contribution in [0.2, 0.25) is 5.02 Å². The van der Waals surface area contributed by atoms with E-state index in [9.17, 15) is 13.2 Å². The van der Waals surface area contributed by atoms with Crippen LogP contribution in [-0.4, -0.2) is 68.3 Å². The highest BCUT2D eigenvalue weighted by molar-refractivity contribution is 6.37. The second-order valence-corrected chi connectivity index (χ2v) is 8.27. The van der Waals surface area contributed by atoms with E-state index in [2.05, 4.69) is 30.3 Å². The van der Waals surface area contributed by atoms with Gasteiger partial charge in [0.2, 0.25) is 5.95 Å². The molecule has 194 valence electrons. The Kier molecular flexibility index (Phi) is 7.74. The number of rotatable bonds is 4. The Morgan fingerprint density at radius 2 is 1.84 bits per heavy atom. The standard InChI is InChI=1S/C21H20ClN7O.C2HF3O2/c1-28-13-15(11-25-28)17-4-2-14-10-24-21(27-20(14)19(17)22)26-16-3-5-18(23-12-16)29-6-8-30-9-7-29;3-2(4,5)1(6)7/h2-5,10-13H,6-9H2,1H3,(H,24,26,27);(H,6,7). The number of carboxylic acid groups (broad SMARTS) is 1. The lowest BCUT2D eigenvalue weighted by atomic mass is 10.1. The van der Waals surface area contributed by atoms with Crippen molar-refractivity contribution in [1.82, 2.24) is 24.7 Å². The predicted octanol–water partition coefficient (Wildman–Crippen LogP) is 4.29. The summed E-state index contributed by atoms with van der Waals surface area (Å²) in [5, 5.41) is 16.0. The van der Waals surface area contributed by atoms with Crippen molar-refractivity contribution in [1.29, 1.82) is 0 Å². The first-order valence-corrected chi connectivity index (χ1v) is 11.3. The molecular formula is C23H21ClF3N7O3. The first-order chi connectivity index (χ1) is 17.6. The highest BCUT2D eigenvalue weighted by Gasteiger charge is 2.38. The summed E-state index contributed by atoms with van der Waals surface area (Å²) in [7, 11) is 1.88. The number of halogens is 4. The Labute approximate surface area is 213 Å². The smallest absolute Gasteiger partial charge is 0.475 e. The van der Waals surface area contributed by atoms with Crippen molar-refractivity contribution in [2.45, 2.75) is 6.18 Å². The third-order valence-corrected chi connectivity index (χ3v) is 5.67. The summed E-state index contributed by atoms with van der Waals surface area (Å²) in [6, 6.07) is 7.89. The maximum atomic E-state index is 10.6. The molecule has 4 heterocycles. The number of aryl methyl sites for hydroxylation is 1. The van der Waals surface area contributed by atoms with E-state index in [0.29, 0.717) is 16.5 Å². The van der Waals surface area contributed by atoms with Crippen molar-refractivity contribution in [2.75, 3.05) is 36.5 Å². The SMILES string of the molecule is Cn1cc(-c2ccc3cnc(Nc4ccc(N5CCOCC5)nc4)nc3c2Cl)cn1.O=C(O)C(F)(F)F. The number of carboxylic acids is 1. The van der Waals surface area contributed by atoms with Gasteiger partial charge in [0.05, 0.1) is 41.8 Å². The summed E-state index contributed by atoms with van der Waals surface area (Å²) in [6.07, 6.45) is 2.18. The number of hydrogen-bond acceptors (Lipinski definition) is 8. The monoisotopic (exact) mass is 535 g/mol. The van der Waals surface area contributed by atoms with Crippen molar-refractivity contribution in [3.63, 3.8) is 0 Å². The number of fused-ring (bicyclic) bond motifs is 1. The topological polar surface area (TPSA) is 118 Å².